The summed E-state index contributed by atoms with van der Waals surface area (Å²) in [5, 5.41) is 16.5. The van der Waals surface area contributed by atoms with Gasteiger partial charge in [-0.1, -0.05) is 41.6 Å². The highest BCUT2D eigenvalue weighted by Crippen LogP contribution is 2.20. The van der Waals surface area contributed by atoms with Crippen LogP contribution in [0.15, 0.2) is 53.7 Å². The molecule has 11 heteroatoms. The first-order chi connectivity index (χ1) is 13.0. The third-order valence-corrected chi connectivity index (χ3v) is 4.36. The third-order valence-electron chi connectivity index (χ3n) is 3.20. The van der Waals surface area contributed by atoms with Gasteiger partial charge in [-0.25, -0.2) is 9.18 Å². The molecule has 3 rings (SSSR count). The number of amides is 3. The normalized spacial score (nSPS) is 10.4. The van der Waals surface area contributed by atoms with Gasteiger partial charge < -0.3 is 5.32 Å². The molecule has 27 heavy (non-hydrogen) atoms. The summed E-state index contributed by atoms with van der Waals surface area (Å²) in [7, 11) is 0. The molecule has 0 aliphatic rings. The van der Waals surface area contributed by atoms with Crippen LogP contribution in [0.5, 0.6) is 0 Å². The van der Waals surface area contributed by atoms with Crippen molar-refractivity contribution in [2.24, 2.45) is 0 Å². The topological polar surface area (TPSA) is 102 Å². The summed E-state index contributed by atoms with van der Waals surface area (Å²) in [5.74, 6) is -1.31. The number of halogens is 2. The van der Waals surface area contributed by atoms with Crippen LogP contribution in [-0.4, -0.2) is 37.9 Å². The minimum atomic E-state index is -0.833. The van der Waals surface area contributed by atoms with Crippen molar-refractivity contribution in [3.63, 3.8) is 0 Å². The van der Waals surface area contributed by atoms with E-state index in [0.29, 0.717) is 15.9 Å². The Morgan fingerprint density at radius 3 is 2.78 bits per heavy atom. The second kappa shape index (κ2) is 8.60. The number of thioether (sulfide) groups is 1. The van der Waals surface area contributed by atoms with Gasteiger partial charge in [-0.2, -0.15) is 4.68 Å². The van der Waals surface area contributed by atoms with Crippen molar-refractivity contribution in [2.75, 3.05) is 11.1 Å². The molecule has 3 amide bonds. The maximum absolute atomic E-state index is 13.5. The number of para-hydroxylation sites is 1. The zero-order valence-electron chi connectivity index (χ0n) is 13.6. The zero-order chi connectivity index (χ0) is 19.2. The molecule has 0 saturated heterocycles. The van der Waals surface area contributed by atoms with Gasteiger partial charge in [-0.3, -0.25) is 10.1 Å². The molecule has 138 valence electrons. The molecule has 0 saturated carbocycles. The number of nitrogens with one attached hydrogen (secondary N) is 2. The van der Waals surface area contributed by atoms with Gasteiger partial charge >= 0.3 is 6.03 Å². The molecule has 0 atom stereocenters. The van der Waals surface area contributed by atoms with Crippen molar-refractivity contribution >= 4 is 41.0 Å². The number of aromatic nitrogens is 4. The molecule has 2 N–H and O–H groups in total. The number of hydrogen-bond donors (Lipinski definition) is 2. The monoisotopic (exact) mass is 406 g/mol. The quantitative estimate of drug-likeness (QED) is 0.632. The van der Waals surface area contributed by atoms with E-state index in [-0.39, 0.29) is 11.4 Å². The molecule has 0 bridgehead atoms. The number of rotatable bonds is 5. The van der Waals surface area contributed by atoms with E-state index >= 15 is 0 Å². The molecule has 8 nitrogen and oxygen atoms in total. The third kappa shape index (κ3) is 5.02. The lowest BCUT2D eigenvalue weighted by Crippen LogP contribution is -2.35. The Hall–Kier alpha value is -2.98. The minimum absolute atomic E-state index is 0.0275. The lowest BCUT2D eigenvalue weighted by Gasteiger charge is -2.07. The number of carbonyl (C=O) groups excluding carboxylic acids is 2. The second-order valence-corrected chi connectivity index (χ2v) is 6.50. The van der Waals surface area contributed by atoms with E-state index in [1.54, 1.807) is 30.3 Å². The van der Waals surface area contributed by atoms with Crippen molar-refractivity contribution in [1.29, 1.82) is 0 Å². The van der Waals surface area contributed by atoms with Crippen LogP contribution in [0.2, 0.25) is 5.02 Å². The van der Waals surface area contributed by atoms with E-state index in [4.69, 9.17) is 11.6 Å². The maximum atomic E-state index is 13.5. The molecule has 0 fully saturated rings. The summed E-state index contributed by atoms with van der Waals surface area (Å²) >= 11 is 6.98. The van der Waals surface area contributed by atoms with E-state index in [0.717, 1.165) is 11.8 Å². The number of hydrogen-bond acceptors (Lipinski definition) is 6. The summed E-state index contributed by atoms with van der Waals surface area (Å²) in [6, 6.07) is 11.7. The fourth-order valence-corrected chi connectivity index (χ4v) is 2.92. The lowest BCUT2D eigenvalue weighted by molar-refractivity contribution is -0.117. The van der Waals surface area contributed by atoms with Crippen LogP contribution in [0.3, 0.4) is 0 Å². The minimum Gasteiger partial charge on any atom is -0.305 e. The first-order valence-electron chi connectivity index (χ1n) is 7.55. The molecule has 0 unspecified atom stereocenters. The molecule has 0 radical (unpaired) electrons. The summed E-state index contributed by atoms with van der Waals surface area (Å²) in [4.78, 5) is 23.7. The smallest absolute Gasteiger partial charge is 0.305 e. The van der Waals surface area contributed by atoms with Crippen molar-refractivity contribution < 1.29 is 14.0 Å². The molecular weight excluding hydrogens is 395 g/mol. The van der Waals surface area contributed by atoms with E-state index in [2.05, 4.69) is 26.2 Å². The van der Waals surface area contributed by atoms with Crippen LogP contribution in [0.25, 0.3) is 5.69 Å². The fourth-order valence-electron chi connectivity index (χ4n) is 2.05. The first kappa shape index (κ1) is 18.8. The molecule has 0 aliphatic carbocycles. The van der Waals surface area contributed by atoms with Crippen LogP contribution >= 0.6 is 23.4 Å². The van der Waals surface area contributed by atoms with Crippen LogP contribution in [0.4, 0.5) is 14.9 Å². The van der Waals surface area contributed by atoms with Crippen molar-refractivity contribution in [2.45, 2.75) is 5.16 Å². The van der Waals surface area contributed by atoms with Gasteiger partial charge in [0.2, 0.25) is 11.1 Å². The van der Waals surface area contributed by atoms with E-state index in [9.17, 15) is 14.0 Å². The van der Waals surface area contributed by atoms with Crippen LogP contribution in [0, 0.1) is 5.82 Å². The standard InChI is InChI=1S/C16H12ClFN6O2S/c17-10-4-3-5-11(8-10)24-16(21-22-23-24)27-9-14(25)20-15(26)19-13-7-2-1-6-12(13)18/h1-8H,9H2,(H2,19,20,25,26). The highest BCUT2D eigenvalue weighted by Gasteiger charge is 2.14. The Morgan fingerprint density at radius 2 is 2.00 bits per heavy atom. The van der Waals surface area contributed by atoms with Crippen molar-refractivity contribution in [3.05, 3.63) is 59.4 Å². The van der Waals surface area contributed by atoms with Gasteiger partial charge in [0.05, 0.1) is 17.1 Å². The summed E-state index contributed by atoms with van der Waals surface area (Å²) in [6.07, 6.45) is 0. The van der Waals surface area contributed by atoms with E-state index in [1.807, 2.05) is 0 Å². The summed E-state index contributed by atoms with van der Waals surface area (Å²) in [5.41, 5.74) is 0.605. The Kier molecular flexibility index (Phi) is 5.99. The highest BCUT2D eigenvalue weighted by atomic mass is 35.5. The van der Waals surface area contributed by atoms with Gasteiger partial charge in [0, 0.05) is 5.02 Å². The van der Waals surface area contributed by atoms with Crippen LogP contribution in [0.1, 0.15) is 0 Å². The molecular formula is C16H12ClFN6O2S. The van der Waals surface area contributed by atoms with Crippen molar-refractivity contribution in [3.8, 4) is 5.69 Å². The number of urea groups is 1. The van der Waals surface area contributed by atoms with Gasteiger partial charge in [0.15, 0.2) is 0 Å². The van der Waals surface area contributed by atoms with Crippen molar-refractivity contribution in [1.82, 2.24) is 25.5 Å². The first-order valence-corrected chi connectivity index (χ1v) is 8.92. The summed E-state index contributed by atoms with van der Waals surface area (Å²) in [6.45, 7) is 0. The molecule has 1 heterocycles. The Balaban J connectivity index is 1.56. The number of tetrazole rings is 1. The molecule has 1 aromatic heterocycles. The average molecular weight is 407 g/mol. The fraction of sp³-hybridized carbons (Fsp3) is 0.0625. The number of anilines is 1. The summed E-state index contributed by atoms with van der Waals surface area (Å²) < 4.78 is 14.9. The molecule has 3 aromatic rings. The van der Waals surface area contributed by atoms with Gasteiger partial charge in [0.1, 0.15) is 5.82 Å². The molecule has 2 aromatic carbocycles. The molecule has 0 spiro atoms. The largest absolute Gasteiger partial charge is 0.325 e. The van der Waals surface area contributed by atoms with Gasteiger partial charge in [0.25, 0.3) is 0 Å². The predicted molar refractivity (Wildman–Crippen MR) is 98.4 cm³/mol. The molecule has 0 aliphatic heterocycles. The number of carbonyl (C=O) groups is 2. The van der Waals surface area contributed by atoms with E-state index < -0.39 is 17.8 Å². The van der Waals surface area contributed by atoms with Crippen LogP contribution in [-0.2, 0) is 4.79 Å². The number of imide groups is 1. The Labute approximate surface area is 162 Å². The lowest BCUT2D eigenvalue weighted by atomic mass is 10.3. The van der Waals surface area contributed by atoms with Crippen LogP contribution < -0.4 is 10.6 Å². The predicted octanol–water partition coefficient (Wildman–Crippen LogP) is 2.90. The number of nitrogens with zero attached hydrogens (tertiary/aromatic N) is 4. The highest BCUT2D eigenvalue weighted by molar-refractivity contribution is 7.99. The zero-order valence-corrected chi connectivity index (χ0v) is 15.2. The van der Waals surface area contributed by atoms with Gasteiger partial charge in [-0.15, -0.1) is 5.10 Å². The SMILES string of the molecule is O=C(CSc1nnnn1-c1cccc(Cl)c1)NC(=O)Nc1ccccc1F. The number of benzene rings is 2. The Bertz CT molecular complexity index is 983. The Morgan fingerprint density at radius 1 is 1.19 bits per heavy atom. The van der Waals surface area contributed by atoms with Gasteiger partial charge in [-0.05, 0) is 40.8 Å². The second-order valence-electron chi connectivity index (χ2n) is 5.12. The average Bonchev–Trinajstić information content (AvgIpc) is 3.10. The maximum Gasteiger partial charge on any atom is 0.325 e. The van der Waals surface area contributed by atoms with E-state index in [1.165, 1.54) is 22.9 Å².